The van der Waals surface area contributed by atoms with Gasteiger partial charge in [-0.1, -0.05) is 18.2 Å². The summed E-state index contributed by atoms with van der Waals surface area (Å²) >= 11 is 0. The van der Waals surface area contributed by atoms with E-state index < -0.39 is 11.9 Å². The van der Waals surface area contributed by atoms with E-state index in [2.05, 4.69) is 9.97 Å². The van der Waals surface area contributed by atoms with Crippen LogP contribution in [0.4, 0.5) is 0 Å². The van der Waals surface area contributed by atoms with E-state index in [-0.39, 0.29) is 11.4 Å². The maximum atomic E-state index is 11.6. The summed E-state index contributed by atoms with van der Waals surface area (Å²) in [5.74, 6) is -1.51. The molecule has 6 nitrogen and oxygen atoms in total. The van der Waals surface area contributed by atoms with Crippen LogP contribution in [0.2, 0.25) is 0 Å². The van der Waals surface area contributed by atoms with Gasteiger partial charge >= 0.3 is 11.9 Å². The number of rotatable bonds is 3. The van der Waals surface area contributed by atoms with Crippen LogP contribution in [0.15, 0.2) is 42.7 Å². The summed E-state index contributed by atoms with van der Waals surface area (Å²) in [6.45, 7) is 0. The van der Waals surface area contributed by atoms with Gasteiger partial charge < -0.3 is 9.84 Å². The summed E-state index contributed by atoms with van der Waals surface area (Å²) in [7, 11) is 0. The van der Waals surface area contributed by atoms with Crippen LogP contribution in [0, 0.1) is 0 Å². The molecule has 0 spiro atoms. The van der Waals surface area contributed by atoms with Crippen LogP contribution in [-0.2, 0) is 0 Å². The zero-order chi connectivity index (χ0) is 13.0. The highest BCUT2D eigenvalue weighted by atomic mass is 16.5. The lowest BCUT2D eigenvalue weighted by molar-refractivity contribution is 0.0682. The molecule has 1 N–H and O–H groups in total. The first-order valence-corrected chi connectivity index (χ1v) is 4.99. The first-order valence-electron chi connectivity index (χ1n) is 4.99. The Hall–Kier alpha value is -2.76. The molecule has 0 aliphatic carbocycles. The van der Waals surface area contributed by atoms with E-state index in [1.807, 2.05) is 0 Å². The van der Waals surface area contributed by atoms with E-state index in [9.17, 15) is 9.59 Å². The van der Waals surface area contributed by atoms with Crippen LogP contribution in [0.3, 0.4) is 0 Å². The van der Waals surface area contributed by atoms with Crippen molar-refractivity contribution in [3.8, 4) is 5.75 Å². The number of carbonyl (C=O) groups excluding carboxylic acids is 1. The molecule has 1 aromatic carbocycles. The summed E-state index contributed by atoms with van der Waals surface area (Å²) in [5, 5.41) is 8.63. The minimum atomic E-state index is -1.20. The molecule has 0 atom stereocenters. The zero-order valence-electron chi connectivity index (χ0n) is 9.11. The highest BCUT2D eigenvalue weighted by Gasteiger charge is 2.12. The molecule has 0 aliphatic heterocycles. The van der Waals surface area contributed by atoms with Crippen molar-refractivity contribution in [1.29, 1.82) is 0 Å². The molecule has 0 radical (unpaired) electrons. The van der Waals surface area contributed by atoms with Gasteiger partial charge in [0.05, 0.1) is 12.4 Å². The fourth-order valence-corrected chi connectivity index (χ4v) is 1.19. The van der Waals surface area contributed by atoms with Crippen LogP contribution in [-0.4, -0.2) is 27.0 Å². The van der Waals surface area contributed by atoms with E-state index in [1.54, 1.807) is 30.3 Å². The second-order valence-electron chi connectivity index (χ2n) is 3.29. The minimum Gasteiger partial charge on any atom is -0.476 e. The van der Waals surface area contributed by atoms with Crippen molar-refractivity contribution in [2.75, 3.05) is 0 Å². The topological polar surface area (TPSA) is 89.4 Å². The van der Waals surface area contributed by atoms with Gasteiger partial charge in [0.25, 0.3) is 0 Å². The van der Waals surface area contributed by atoms with Crippen molar-refractivity contribution in [2.24, 2.45) is 0 Å². The third kappa shape index (κ3) is 2.67. The van der Waals surface area contributed by atoms with Gasteiger partial charge in [-0.15, -0.1) is 0 Å². The van der Waals surface area contributed by atoms with Gasteiger partial charge in [-0.25, -0.2) is 19.6 Å². The Bertz CT molecular complexity index is 566. The highest BCUT2D eigenvalue weighted by molar-refractivity contribution is 5.90. The van der Waals surface area contributed by atoms with Crippen molar-refractivity contribution in [3.05, 3.63) is 54.1 Å². The lowest BCUT2D eigenvalue weighted by Crippen LogP contribution is -2.12. The van der Waals surface area contributed by atoms with Gasteiger partial charge in [-0.2, -0.15) is 0 Å². The number of aromatic nitrogens is 2. The minimum absolute atomic E-state index is 0.0520. The van der Waals surface area contributed by atoms with E-state index in [0.717, 1.165) is 12.4 Å². The Morgan fingerprint density at radius 2 is 1.61 bits per heavy atom. The molecule has 2 rings (SSSR count). The van der Waals surface area contributed by atoms with Gasteiger partial charge in [-0.05, 0) is 12.1 Å². The molecular formula is C12H8N2O4. The van der Waals surface area contributed by atoms with Gasteiger partial charge in [-0.3, -0.25) is 0 Å². The molecule has 18 heavy (non-hydrogen) atoms. The maximum Gasteiger partial charge on any atom is 0.363 e. The van der Waals surface area contributed by atoms with Crippen LogP contribution in [0.1, 0.15) is 21.0 Å². The number of carboxylic acids is 1. The fourth-order valence-electron chi connectivity index (χ4n) is 1.19. The Balaban J connectivity index is 2.12. The molecule has 0 bridgehead atoms. The van der Waals surface area contributed by atoms with Crippen LogP contribution >= 0.6 is 0 Å². The molecular weight excluding hydrogens is 236 g/mol. The second kappa shape index (κ2) is 5.05. The SMILES string of the molecule is O=C(O)c1cnc(C(=O)Oc2ccccc2)cn1. The molecule has 6 heteroatoms. The Morgan fingerprint density at radius 3 is 2.17 bits per heavy atom. The monoisotopic (exact) mass is 244 g/mol. The molecule has 0 saturated heterocycles. The highest BCUT2D eigenvalue weighted by Crippen LogP contribution is 2.10. The third-order valence-corrected chi connectivity index (χ3v) is 2.03. The van der Waals surface area contributed by atoms with Gasteiger partial charge in [0.1, 0.15) is 5.75 Å². The summed E-state index contributed by atoms with van der Waals surface area (Å²) in [6.07, 6.45) is 2.07. The predicted molar refractivity (Wildman–Crippen MR) is 60.4 cm³/mol. The number of aromatic carboxylic acids is 1. The van der Waals surface area contributed by atoms with Gasteiger partial charge in [0, 0.05) is 0 Å². The number of carboxylic acid groups (broad SMARTS) is 1. The van der Waals surface area contributed by atoms with E-state index in [0.29, 0.717) is 5.75 Å². The van der Waals surface area contributed by atoms with E-state index in [1.165, 1.54) is 0 Å². The molecule has 0 amide bonds. The second-order valence-corrected chi connectivity index (χ2v) is 3.29. The smallest absolute Gasteiger partial charge is 0.363 e. The molecule has 1 aromatic heterocycles. The molecule has 90 valence electrons. The van der Waals surface area contributed by atoms with Crippen molar-refractivity contribution in [3.63, 3.8) is 0 Å². The number of nitrogens with zero attached hydrogens (tertiary/aromatic N) is 2. The number of hydrogen-bond donors (Lipinski definition) is 1. The van der Waals surface area contributed by atoms with Crippen molar-refractivity contribution in [2.45, 2.75) is 0 Å². The van der Waals surface area contributed by atoms with Crippen LogP contribution in [0.5, 0.6) is 5.75 Å². The number of esters is 1. The first kappa shape index (κ1) is 11.7. The van der Waals surface area contributed by atoms with Gasteiger partial charge in [0.15, 0.2) is 11.4 Å². The van der Waals surface area contributed by atoms with Crippen LogP contribution < -0.4 is 4.74 Å². The Labute approximate surface area is 102 Å². The summed E-state index contributed by atoms with van der Waals surface area (Å²) in [4.78, 5) is 29.4. The van der Waals surface area contributed by atoms with Crippen molar-refractivity contribution in [1.82, 2.24) is 9.97 Å². The largest absolute Gasteiger partial charge is 0.476 e. The number of ether oxygens (including phenoxy) is 1. The molecule has 0 fully saturated rings. The number of carbonyl (C=O) groups is 2. The molecule has 0 aliphatic rings. The number of para-hydroxylation sites is 1. The molecule has 2 aromatic rings. The summed E-state index contributed by atoms with van der Waals surface area (Å²) < 4.78 is 5.01. The average Bonchev–Trinajstić information content (AvgIpc) is 2.40. The van der Waals surface area contributed by atoms with Crippen molar-refractivity contribution < 1.29 is 19.4 Å². The zero-order valence-corrected chi connectivity index (χ0v) is 9.11. The average molecular weight is 244 g/mol. The maximum absolute atomic E-state index is 11.6. The Kier molecular flexibility index (Phi) is 3.29. The number of hydrogen-bond acceptors (Lipinski definition) is 5. The first-order chi connectivity index (χ1) is 8.66. The third-order valence-electron chi connectivity index (χ3n) is 2.03. The standard InChI is InChI=1S/C12H8N2O4/c15-11(16)9-6-14-10(7-13-9)12(17)18-8-4-2-1-3-5-8/h1-7H,(H,15,16). The molecule has 1 heterocycles. The normalized spacial score (nSPS) is 9.78. The molecule has 0 unspecified atom stereocenters. The number of benzene rings is 1. The van der Waals surface area contributed by atoms with Gasteiger partial charge in [0.2, 0.25) is 0 Å². The lowest BCUT2D eigenvalue weighted by Gasteiger charge is -2.02. The Morgan fingerprint density at radius 1 is 1.00 bits per heavy atom. The van der Waals surface area contributed by atoms with E-state index in [4.69, 9.17) is 9.84 Å². The summed E-state index contributed by atoms with van der Waals surface area (Å²) in [6, 6.07) is 8.48. The van der Waals surface area contributed by atoms with E-state index >= 15 is 0 Å². The molecule has 0 saturated carbocycles. The summed E-state index contributed by atoms with van der Waals surface area (Å²) in [5.41, 5.74) is -0.282. The van der Waals surface area contributed by atoms with Crippen LogP contribution in [0.25, 0.3) is 0 Å². The fraction of sp³-hybridized carbons (Fsp3) is 0. The quantitative estimate of drug-likeness (QED) is 0.648. The van der Waals surface area contributed by atoms with Crippen molar-refractivity contribution >= 4 is 11.9 Å². The lowest BCUT2D eigenvalue weighted by atomic mass is 10.3. The predicted octanol–water partition coefficient (Wildman–Crippen LogP) is 1.39.